The summed E-state index contributed by atoms with van der Waals surface area (Å²) in [6.45, 7) is 11.1. The Hall–Kier alpha value is -1.64. The fourth-order valence-electron chi connectivity index (χ4n) is 4.55. The van der Waals surface area contributed by atoms with Gasteiger partial charge in [0, 0.05) is 30.5 Å². The van der Waals surface area contributed by atoms with Gasteiger partial charge in [0.2, 0.25) is 11.8 Å². The van der Waals surface area contributed by atoms with E-state index >= 15 is 0 Å². The fourth-order valence-corrected chi connectivity index (χ4v) is 5.67. The Bertz CT molecular complexity index is 1060. The lowest BCUT2D eigenvalue weighted by molar-refractivity contribution is -0.142. The van der Waals surface area contributed by atoms with Crippen molar-refractivity contribution in [1.29, 1.82) is 0 Å². The predicted octanol–water partition coefficient (Wildman–Crippen LogP) is 3.17. The number of aromatic nitrogens is 1. The van der Waals surface area contributed by atoms with E-state index in [4.69, 9.17) is 9.47 Å². The maximum Gasteiger partial charge on any atom is 0.243 e. The highest BCUT2D eigenvalue weighted by atomic mass is 127. The number of halogens is 1. The number of aliphatic hydroxyl groups excluding tert-OH is 1. The van der Waals surface area contributed by atoms with E-state index in [1.54, 1.807) is 11.3 Å². The molecule has 9 nitrogen and oxygen atoms in total. The fraction of sp³-hybridized carbons (Fsp3) is 0.607. The Morgan fingerprint density at radius 1 is 1.18 bits per heavy atom. The van der Waals surface area contributed by atoms with Gasteiger partial charge < -0.3 is 30.1 Å². The van der Waals surface area contributed by atoms with Gasteiger partial charge in [0.1, 0.15) is 6.04 Å². The summed E-state index contributed by atoms with van der Waals surface area (Å²) >= 11 is 3.86. The lowest BCUT2D eigenvalue weighted by Gasteiger charge is -2.35. The smallest absolute Gasteiger partial charge is 0.243 e. The van der Waals surface area contributed by atoms with Crippen LogP contribution in [-0.2, 0) is 25.6 Å². The van der Waals surface area contributed by atoms with Gasteiger partial charge in [0.05, 0.1) is 54.7 Å². The summed E-state index contributed by atoms with van der Waals surface area (Å²) in [5.74, 6) is -0.446. The van der Waals surface area contributed by atoms with Gasteiger partial charge in [-0.15, -0.1) is 11.3 Å². The Morgan fingerprint density at radius 3 is 2.49 bits per heavy atom. The standard InChI is InChI=1S/C28H41IN4O5S/c1-19-24(39-18-32-19)21-7-5-20(6-8-21)16-31-26(35)23-15-22(34)17-33(23)27(36)25(28(2,3)4)30-10-12-38-14-13-37-11-9-29/h5-8,18,22-23,25,30,34H,9-17H2,1-4H3,(H,31,35). The van der Waals surface area contributed by atoms with Crippen molar-refractivity contribution in [2.45, 2.75) is 58.8 Å². The summed E-state index contributed by atoms with van der Waals surface area (Å²) in [5, 5.41) is 16.7. The molecule has 0 aliphatic carbocycles. The van der Waals surface area contributed by atoms with Crippen LogP contribution in [0.15, 0.2) is 29.8 Å². The van der Waals surface area contributed by atoms with Crippen molar-refractivity contribution in [3.8, 4) is 10.4 Å². The summed E-state index contributed by atoms with van der Waals surface area (Å²) in [7, 11) is 0. The number of aliphatic hydroxyl groups is 1. The number of thiazole rings is 1. The third-order valence-corrected chi connectivity index (χ3v) is 8.01. The number of amides is 2. The van der Waals surface area contributed by atoms with E-state index in [9.17, 15) is 14.7 Å². The molecule has 216 valence electrons. The number of hydrogen-bond donors (Lipinski definition) is 3. The number of nitrogens with zero attached hydrogens (tertiary/aromatic N) is 2. The summed E-state index contributed by atoms with van der Waals surface area (Å²) < 4.78 is 12.0. The van der Waals surface area contributed by atoms with Crippen LogP contribution >= 0.6 is 33.9 Å². The molecule has 1 aliphatic heterocycles. The van der Waals surface area contributed by atoms with Crippen LogP contribution in [0.25, 0.3) is 10.4 Å². The third-order valence-electron chi connectivity index (χ3n) is 6.59. The number of carbonyl (C=O) groups excluding carboxylic acids is 2. The van der Waals surface area contributed by atoms with Crippen molar-refractivity contribution in [1.82, 2.24) is 20.5 Å². The molecule has 0 saturated carbocycles. The molecule has 1 aromatic heterocycles. The number of benzene rings is 1. The van der Waals surface area contributed by atoms with Gasteiger partial charge >= 0.3 is 0 Å². The van der Waals surface area contributed by atoms with Crippen LogP contribution in [0.1, 0.15) is 38.4 Å². The van der Waals surface area contributed by atoms with Crippen molar-refractivity contribution >= 4 is 45.7 Å². The first kappa shape index (κ1) is 31.9. The molecule has 3 atom stereocenters. The number of β-amino-alcohol motifs (C(OH)–C–C–N with tert-alkyl or cyclic N) is 1. The van der Waals surface area contributed by atoms with Gasteiger partial charge in [-0.2, -0.15) is 0 Å². The molecule has 39 heavy (non-hydrogen) atoms. The molecule has 0 bridgehead atoms. The highest BCUT2D eigenvalue weighted by Crippen LogP contribution is 2.28. The van der Waals surface area contributed by atoms with E-state index < -0.39 is 23.6 Å². The third kappa shape index (κ3) is 9.46. The summed E-state index contributed by atoms with van der Waals surface area (Å²) in [4.78, 5) is 33.8. The van der Waals surface area contributed by atoms with E-state index in [0.29, 0.717) is 39.5 Å². The molecule has 2 aromatic rings. The second-order valence-electron chi connectivity index (χ2n) is 10.7. The molecular weight excluding hydrogens is 631 g/mol. The molecule has 11 heteroatoms. The molecule has 1 aromatic carbocycles. The zero-order valence-corrected chi connectivity index (χ0v) is 26.2. The quantitative estimate of drug-likeness (QED) is 0.161. The number of nitrogens with one attached hydrogen (secondary N) is 2. The highest BCUT2D eigenvalue weighted by Gasteiger charge is 2.43. The van der Waals surface area contributed by atoms with E-state index in [-0.39, 0.29) is 24.8 Å². The zero-order valence-electron chi connectivity index (χ0n) is 23.2. The van der Waals surface area contributed by atoms with Crippen molar-refractivity contribution in [2.24, 2.45) is 5.41 Å². The van der Waals surface area contributed by atoms with E-state index in [1.165, 1.54) is 4.90 Å². The Labute approximate surface area is 249 Å². The second-order valence-corrected chi connectivity index (χ2v) is 12.7. The molecule has 1 aliphatic rings. The van der Waals surface area contributed by atoms with Crippen LogP contribution in [-0.4, -0.2) is 88.9 Å². The zero-order chi connectivity index (χ0) is 28.4. The van der Waals surface area contributed by atoms with Gasteiger partial charge in [0.25, 0.3) is 0 Å². The minimum Gasteiger partial charge on any atom is -0.391 e. The van der Waals surface area contributed by atoms with Crippen molar-refractivity contribution in [2.75, 3.05) is 43.9 Å². The number of rotatable bonds is 14. The first-order valence-electron chi connectivity index (χ1n) is 13.3. The predicted molar refractivity (Wildman–Crippen MR) is 162 cm³/mol. The lowest BCUT2D eigenvalue weighted by atomic mass is 9.85. The number of carbonyl (C=O) groups is 2. The minimum absolute atomic E-state index is 0.138. The monoisotopic (exact) mass is 672 g/mol. The first-order chi connectivity index (χ1) is 18.6. The van der Waals surface area contributed by atoms with Crippen LogP contribution in [0.3, 0.4) is 0 Å². The van der Waals surface area contributed by atoms with Crippen LogP contribution in [0.5, 0.6) is 0 Å². The molecule has 0 spiro atoms. The summed E-state index contributed by atoms with van der Waals surface area (Å²) in [6, 6.07) is 6.78. The largest absolute Gasteiger partial charge is 0.391 e. The molecule has 1 saturated heterocycles. The Morgan fingerprint density at radius 2 is 1.87 bits per heavy atom. The van der Waals surface area contributed by atoms with Gasteiger partial charge in [-0.25, -0.2) is 4.98 Å². The molecule has 0 radical (unpaired) electrons. The van der Waals surface area contributed by atoms with Crippen molar-refractivity contribution < 1.29 is 24.2 Å². The van der Waals surface area contributed by atoms with Gasteiger partial charge in [-0.3, -0.25) is 9.59 Å². The van der Waals surface area contributed by atoms with Gasteiger partial charge in [0.15, 0.2) is 0 Å². The summed E-state index contributed by atoms with van der Waals surface area (Å²) in [6.07, 6.45) is -0.517. The lowest BCUT2D eigenvalue weighted by Crippen LogP contribution is -2.57. The maximum atomic E-state index is 13.6. The van der Waals surface area contributed by atoms with Crippen molar-refractivity contribution in [3.05, 3.63) is 41.0 Å². The molecule has 1 fully saturated rings. The number of ether oxygens (including phenoxy) is 2. The van der Waals surface area contributed by atoms with E-state index in [0.717, 1.165) is 26.1 Å². The minimum atomic E-state index is -0.738. The van der Waals surface area contributed by atoms with Crippen LogP contribution in [0.2, 0.25) is 0 Å². The number of aryl methyl sites for hydroxylation is 1. The average Bonchev–Trinajstić information content (AvgIpc) is 3.51. The molecule has 2 amide bonds. The van der Waals surface area contributed by atoms with Crippen LogP contribution in [0, 0.1) is 12.3 Å². The highest BCUT2D eigenvalue weighted by molar-refractivity contribution is 14.1. The molecule has 3 unspecified atom stereocenters. The summed E-state index contributed by atoms with van der Waals surface area (Å²) in [5.41, 5.74) is 4.49. The Kier molecular flexibility index (Phi) is 12.6. The van der Waals surface area contributed by atoms with Gasteiger partial charge in [-0.05, 0) is 23.5 Å². The van der Waals surface area contributed by atoms with Crippen LogP contribution < -0.4 is 10.6 Å². The normalized spacial score (nSPS) is 18.4. The van der Waals surface area contributed by atoms with Crippen LogP contribution in [0.4, 0.5) is 0 Å². The number of hydrogen-bond acceptors (Lipinski definition) is 8. The molecular formula is C28H41IN4O5S. The van der Waals surface area contributed by atoms with E-state index in [2.05, 4.69) is 38.2 Å². The molecule has 2 heterocycles. The number of likely N-dealkylation sites (tertiary alicyclic amines) is 1. The number of alkyl halides is 1. The SMILES string of the molecule is Cc1ncsc1-c1ccc(CNC(=O)C2CC(O)CN2C(=O)C(NCCOCCOCCI)C(C)(C)C)cc1. The topological polar surface area (TPSA) is 113 Å². The van der Waals surface area contributed by atoms with E-state index in [1.807, 2.05) is 57.5 Å². The first-order valence-corrected chi connectivity index (χ1v) is 15.7. The maximum absolute atomic E-state index is 13.6. The molecule has 3 rings (SSSR count). The second kappa shape index (κ2) is 15.4. The average molecular weight is 673 g/mol. The van der Waals surface area contributed by atoms with Crippen molar-refractivity contribution in [3.63, 3.8) is 0 Å². The van der Waals surface area contributed by atoms with Gasteiger partial charge in [-0.1, -0.05) is 67.6 Å². The Balaban J connectivity index is 1.55. The molecule has 3 N–H and O–H groups in total.